The third kappa shape index (κ3) is 9.62. The lowest BCUT2D eigenvalue weighted by Gasteiger charge is -2.37. The van der Waals surface area contributed by atoms with Crippen molar-refractivity contribution in [3.8, 4) is 0 Å². The van der Waals surface area contributed by atoms with Crippen molar-refractivity contribution in [1.82, 2.24) is 40.4 Å². The summed E-state index contributed by atoms with van der Waals surface area (Å²) in [5, 5.41) is 5.27. The van der Waals surface area contributed by atoms with Crippen LogP contribution in [0.1, 0.15) is 114 Å². The number of hydrogen-bond acceptors (Lipinski definition) is 10. The average Bonchev–Trinajstić information content (AvgIpc) is 3.85. The van der Waals surface area contributed by atoms with Gasteiger partial charge in [0.15, 0.2) is 6.29 Å². The minimum Gasteiger partial charge on any atom is -0.453 e. The van der Waals surface area contributed by atoms with E-state index in [0.29, 0.717) is 30.8 Å². The van der Waals surface area contributed by atoms with Crippen molar-refractivity contribution >= 4 is 24.0 Å². The smallest absolute Gasteiger partial charge is 0.407 e. The normalized spacial score (nSPS) is 22.9. The van der Waals surface area contributed by atoms with Crippen LogP contribution < -0.4 is 10.6 Å². The second kappa shape index (κ2) is 18.0. The summed E-state index contributed by atoms with van der Waals surface area (Å²) in [5.41, 5.74) is 1.94. The predicted octanol–water partition coefficient (Wildman–Crippen LogP) is 4.36. The Kier molecular flexibility index (Phi) is 14.1. The zero-order valence-corrected chi connectivity index (χ0v) is 32.2. The fourth-order valence-electron chi connectivity index (χ4n) is 6.80. The summed E-state index contributed by atoms with van der Waals surface area (Å²) in [6.07, 6.45) is 5.89. The molecule has 1 aliphatic carbocycles. The Balaban J connectivity index is 1.26. The summed E-state index contributed by atoms with van der Waals surface area (Å²) in [5.74, 6) is 1.21. The van der Waals surface area contributed by atoms with Crippen molar-refractivity contribution in [2.75, 3.05) is 41.5 Å². The number of likely N-dealkylation sites (N-methyl/N-ethyl adjacent to an activating group) is 2. The van der Waals surface area contributed by atoms with Crippen LogP contribution in [0, 0.1) is 17.8 Å². The van der Waals surface area contributed by atoms with Crippen molar-refractivity contribution < 1.29 is 38.1 Å². The lowest BCUT2D eigenvalue weighted by molar-refractivity contribution is -0.217. The SMILES string of the molecule is COC(=O)N[C@H](C(=O)N(C)[C@@H](C)c1ncc(C2CCC(C3OCC(c4cnc([C@H](C)N(C)C(=O)[C@@H](NC(=O)OC)C(C)C)[nH]4)CO3)CC2)[nH]1)C(C)C. The minimum atomic E-state index is -0.728. The highest BCUT2D eigenvalue weighted by molar-refractivity contribution is 5.86. The van der Waals surface area contributed by atoms with Crippen LogP contribution in [0.2, 0.25) is 0 Å². The molecule has 4 atom stereocenters. The lowest BCUT2D eigenvalue weighted by atomic mass is 9.80. The largest absolute Gasteiger partial charge is 0.453 e. The number of ether oxygens (including phenoxy) is 4. The van der Waals surface area contributed by atoms with Crippen LogP contribution in [-0.4, -0.2) is 114 Å². The molecule has 52 heavy (non-hydrogen) atoms. The summed E-state index contributed by atoms with van der Waals surface area (Å²) in [7, 11) is 5.95. The predicted molar refractivity (Wildman–Crippen MR) is 191 cm³/mol. The van der Waals surface area contributed by atoms with E-state index in [9.17, 15) is 19.2 Å². The molecule has 290 valence electrons. The van der Waals surface area contributed by atoms with Gasteiger partial charge in [0, 0.05) is 55.6 Å². The van der Waals surface area contributed by atoms with Crippen LogP contribution in [0.25, 0.3) is 0 Å². The van der Waals surface area contributed by atoms with Gasteiger partial charge in [0.25, 0.3) is 0 Å². The number of nitrogens with zero attached hydrogens (tertiary/aromatic N) is 4. The van der Waals surface area contributed by atoms with E-state index in [1.807, 2.05) is 47.7 Å². The molecule has 2 fully saturated rings. The molecule has 4 N–H and O–H groups in total. The van der Waals surface area contributed by atoms with Crippen molar-refractivity contribution in [1.29, 1.82) is 0 Å². The van der Waals surface area contributed by atoms with Crippen LogP contribution in [0.15, 0.2) is 12.4 Å². The third-order valence-corrected chi connectivity index (χ3v) is 10.6. The Morgan fingerprint density at radius 3 is 1.50 bits per heavy atom. The van der Waals surface area contributed by atoms with Gasteiger partial charge in [-0.05, 0) is 51.4 Å². The molecule has 0 spiro atoms. The third-order valence-electron chi connectivity index (χ3n) is 10.6. The highest BCUT2D eigenvalue weighted by Gasteiger charge is 2.36. The number of H-pyrrole nitrogens is 2. The number of imidazole rings is 2. The summed E-state index contributed by atoms with van der Waals surface area (Å²) >= 11 is 0. The van der Waals surface area contributed by atoms with E-state index in [1.165, 1.54) is 14.2 Å². The molecule has 1 saturated carbocycles. The maximum atomic E-state index is 13.3. The van der Waals surface area contributed by atoms with Gasteiger partial charge in [0.2, 0.25) is 11.8 Å². The van der Waals surface area contributed by atoms with E-state index < -0.39 is 24.3 Å². The van der Waals surface area contributed by atoms with Crippen molar-refractivity contribution in [3.63, 3.8) is 0 Å². The quantitative estimate of drug-likeness (QED) is 0.230. The Morgan fingerprint density at radius 2 is 1.12 bits per heavy atom. The molecule has 0 radical (unpaired) electrons. The van der Waals surface area contributed by atoms with Crippen molar-refractivity contribution in [2.24, 2.45) is 17.8 Å². The van der Waals surface area contributed by atoms with Gasteiger partial charge < -0.3 is 49.3 Å². The number of aromatic amines is 2. The molecular formula is C36H58N8O8. The molecule has 1 saturated heterocycles. The number of hydrogen-bond donors (Lipinski definition) is 4. The fraction of sp³-hybridized carbons (Fsp3) is 0.722. The van der Waals surface area contributed by atoms with E-state index >= 15 is 0 Å². The molecule has 1 aliphatic heterocycles. The number of alkyl carbamates (subject to hydrolysis) is 2. The molecule has 0 aromatic carbocycles. The summed E-state index contributed by atoms with van der Waals surface area (Å²) < 4.78 is 21.9. The van der Waals surface area contributed by atoms with E-state index in [1.54, 1.807) is 30.1 Å². The molecule has 0 bridgehead atoms. The molecule has 0 unspecified atom stereocenters. The van der Waals surface area contributed by atoms with Gasteiger partial charge in [-0.25, -0.2) is 19.6 Å². The minimum absolute atomic E-state index is 0.0195. The van der Waals surface area contributed by atoms with E-state index in [0.717, 1.165) is 37.1 Å². The Hall–Kier alpha value is -4.18. The maximum Gasteiger partial charge on any atom is 0.407 e. The van der Waals surface area contributed by atoms with Crippen molar-refractivity contribution in [2.45, 2.75) is 110 Å². The number of carbonyl (C=O) groups is 4. The van der Waals surface area contributed by atoms with Crippen LogP contribution in [0.4, 0.5) is 9.59 Å². The molecule has 2 aliphatic rings. The standard InChI is InChI=1S/C36H58N8O8/c1-19(2)28(41-35(47)49-9)32(45)43(7)21(5)30-37-15-26(39-30)23-11-13-24(14-12-23)34-51-17-25(18-52-34)27-16-38-31(40-27)22(6)44(8)33(46)29(20(3)4)42-36(48)50-10/h15-16,19-25,28-29,34H,11-14,17-18H2,1-10H3,(H,37,39)(H,38,40)(H,41,47)(H,42,48)/t21-,22-,23?,24?,25?,28-,29-,34?/m0/s1. The summed E-state index contributed by atoms with van der Waals surface area (Å²) in [6.45, 7) is 12.3. The van der Waals surface area contributed by atoms with E-state index in [2.05, 4.69) is 30.6 Å². The lowest BCUT2D eigenvalue weighted by Crippen LogP contribution is -2.50. The zero-order chi connectivity index (χ0) is 38.3. The van der Waals surface area contributed by atoms with E-state index in [4.69, 9.17) is 18.9 Å². The molecule has 2 aromatic rings. The van der Waals surface area contributed by atoms with Gasteiger partial charge in [0.1, 0.15) is 23.7 Å². The first-order valence-electron chi connectivity index (χ1n) is 18.2. The van der Waals surface area contributed by atoms with Gasteiger partial charge in [-0.3, -0.25) is 9.59 Å². The van der Waals surface area contributed by atoms with E-state index in [-0.39, 0.29) is 53.9 Å². The average molecular weight is 731 g/mol. The second-order valence-electron chi connectivity index (χ2n) is 14.8. The second-order valence-corrected chi connectivity index (χ2v) is 14.8. The van der Waals surface area contributed by atoms with Crippen LogP contribution >= 0.6 is 0 Å². The zero-order valence-electron chi connectivity index (χ0n) is 32.2. The highest BCUT2D eigenvalue weighted by atomic mass is 16.7. The maximum absolute atomic E-state index is 13.3. The first-order valence-corrected chi connectivity index (χ1v) is 18.2. The molecule has 3 heterocycles. The number of rotatable bonds is 13. The Bertz CT molecular complexity index is 1380. The van der Waals surface area contributed by atoms with Gasteiger partial charge in [-0.15, -0.1) is 0 Å². The van der Waals surface area contributed by atoms with Crippen molar-refractivity contribution in [3.05, 3.63) is 35.4 Å². The van der Waals surface area contributed by atoms with Crippen LogP contribution in [0.5, 0.6) is 0 Å². The molecule has 16 nitrogen and oxygen atoms in total. The van der Waals surface area contributed by atoms with Gasteiger partial charge in [0.05, 0.1) is 39.5 Å². The number of nitrogens with one attached hydrogen (secondary N) is 4. The van der Waals surface area contributed by atoms with Crippen LogP contribution in [-0.2, 0) is 28.5 Å². The number of carbonyl (C=O) groups excluding carboxylic acids is 4. The number of amides is 4. The number of methoxy groups -OCH3 is 2. The first kappa shape index (κ1) is 40.6. The Labute approximate surface area is 306 Å². The Morgan fingerprint density at radius 1 is 0.712 bits per heavy atom. The van der Waals surface area contributed by atoms with Crippen LogP contribution in [0.3, 0.4) is 0 Å². The number of aromatic nitrogens is 4. The summed E-state index contributed by atoms with van der Waals surface area (Å²) in [4.78, 5) is 69.3. The monoisotopic (exact) mass is 730 g/mol. The van der Waals surface area contributed by atoms with Gasteiger partial charge >= 0.3 is 12.2 Å². The van der Waals surface area contributed by atoms with Gasteiger partial charge in [-0.1, -0.05) is 27.7 Å². The molecule has 2 aromatic heterocycles. The molecule has 16 heteroatoms. The first-order chi connectivity index (χ1) is 24.7. The molecular weight excluding hydrogens is 672 g/mol. The van der Waals surface area contributed by atoms with Gasteiger partial charge in [-0.2, -0.15) is 0 Å². The molecule has 4 rings (SSSR count). The topological polar surface area (TPSA) is 193 Å². The fourth-order valence-corrected chi connectivity index (χ4v) is 6.80. The molecule has 4 amide bonds. The summed E-state index contributed by atoms with van der Waals surface area (Å²) in [6, 6.07) is -2.12. The highest BCUT2D eigenvalue weighted by Crippen LogP contribution is 2.39.